The van der Waals surface area contributed by atoms with Gasteiger partial charge in [-0.25, -0.2) is 4.98 Å². The summed E-state index contributed by atoms with van der Waals surface area (Å²) < 4.78 is 4.57. The Morgan fingerprint density at radius 3 is 3.11 bits per heavy atom. The molecule has 6 heteroatoms. The quantitative estimate of drug-likeness (QED) is 0.587. The van der Waals surface area contributed by atoms with E-state index in [1.165, 1.54) is 12.1 Å². The van der Waals surface area contributed by atoms with Crippen molar-refractivity contribution >= 4 is 29.1 Å². The summed E-state index contributed by atoms with van der Waals surface area (Å²) in [7, 11) is 1.36. The van der Waals surface area contributed by atoms with Crippen LogP contribution in [0.4, 0.5) is 0 Å². The minimum atomic E-state index is -0.506. The Hall–Kier alpha value is -0.590. The lowest BCUT2D eigenvalue weighted by molar-refractivity contribution is -0.142. The molecule has 18 heavy (non-hydrogen) atoms. The molecule has 0 aliphatic carbocycles. The Bertz CT molecular complexity index is 369. The zero-order chi connectivity index (χ0) is 13.4. The first kappa shape index (κ1) is 15.5. The van der Waals surface area contributed by atoms with Crippen LogP contribution in [0.3, 0.4) is 0 Å². The van der Waals surface area contributed by atoms with Crippen LogP contribution in [0, 0.1) is 0 Å². The van der Waals surface area contributed by atoms with Gasteiger partial charge in [0.2, 0.25) is 0 Å². The number of hydrogen-bond acceptors (Lipinski definition) is 6. The second-order valence-corrected chi connectivity index (χ2v) is 6.00. The molecule has 0 radical (unpaired) electrons. The zero-order valence-electron chi connectivity index (χ0n) is 10.8. The molecule has 0 saturated heterocycles. The molecule has 0 amide bonds. The van der Waals surface area contributed by atoms with E-state index in [0.717, 1.165) is 30.0 Å². The number of methoxy groups -OCH3 is 1. The van der Waals surface area contributed by atoms with Crippen LogP contribution in [0.25, 0.3) is 0 Å². The predicted octanol–water partition coefficient (Wildman–Crippen LogP) is 2.22. The maximum Gasteiger partial charge on any atom is 0.322 e. The number of thioether (sulfide) groups is 1. The number of aromatic nitrogens is 1. The van der Waals surface area contributed by atoms with Crippen molar-refractivity contribution in [1.29, 1.82) is 0 Å². The number of carbonyl (C=O) groups is 1. The molecule has 0 fully saturated rings. The molecule has 2 N–H and O–H groups in total. The van der Waals surface area contributed by atoms with Gasteiger partial charge in [0.05, 0.1) is 17.8 Å². The highest BCUT2D eigenvalue weighted by Gasteiger charge is 2.12. The van der Waals surface area contributed by atoms with Crippen molar-refractivity contribution in [2.75, 3.05) is 12.9 Å². The summed E-state index contributed by atoms with van der Waals surface area (Å²) in [5.74, 6) is 1.39. The Labute approximate surface area is 116 Å². The third kappa shape index (κ3) is 5.37. The summed E-state index contributed by atoms with van der Waals surface area (Å²) >= 11 is 3.47. The average Bonchev–Trinajstić information content (AvgIpc) is 2.81. The summed E-state index contributed by atoms with van der Waals surface area (Å²) in [6, 6.07) is -0.506. The molecule has 4 nitrogen and oxygen atoms in total. The lowest BCUT2D eigenvalue weighted by Gasteiger charge is -2.07. The van der Waals surface area contributed by atoms with Crippen LogP contribution in [-0.2, 0) is 21.7 Å². The number of carbonyl (C=O) groups excluding carboxylic acids is 1. The van der Waals surface area contributed by atoms with Crippen molar-refractivity contribution in [2.24, 2.45) is 5.73 Å². The van der Waals surface area contributed by atoms with E-state index in [1.807, 2.05) is 0 Å². The number of esters is 1. The predicted molar refractivity (Wildman–Crippen MR) is 76.9 cm³/mol. The van der Waals surface area contributed by atoms with Gasteiger partial charge in [-0.05, 0) is 25.0 Å². The topological polar surface area (TPSA) is 65.2 Å². The fraction of sp³-hybridized carbons (Fsp3) is 0.667. The highest BCUT2D eigenvalue weighted by Crippen LogP contribution is 2.17. The van der Waals surface area contributed by atoms with Crippen LogP contribution in [0.2, 0.25) is 0 Å². The van der Waals surface area contributed by atoms with Gasteiger partial charge in [0.15, 0.2) is 0 Å². The minimum absolute atomic E-state index is 0.338. The standard InChI is InChI=1S/C12H20N2O2S2/c1-3-4-11-14-9(8-18-11)7-17-6-5-10(13)12(15)16-2/h8,10H,3-7,13H2,1-2H3. The lowest BCUT2D eigenvalue weighted by Crippen LogP contribution is -2.31. The van der Waals surface area contributed by atoms with E-state index in [9.17, 15) is 4.79 Å². The van der Waals surface area contributed by atoms with Crippen LogP contribution >= 0.6 is 23.1 Å². The van der Waals surface area contributed by atoms with Gasteiger partial charge in [0.1, 0.15) is 6.04 Å². The van der Waals surface area contributed by atoms with Gasteiger partial charge in [-0.2, -0.15) is 11.8 Å². The largest absolute Gasteiger partial charge is 0.468 e. The van der Waals surface area contributed by atoms with E-state index in [0.29, 0.717) is 6.42 Å². The first-order chi connectivity index (χ1) is 8.67. The summed E-state index contributed by atoms with van der Waals surface area (Å²) in [6.07, 6.45) is 2.83. The summed E-state index contributed by atoms with van der Waals surface area (Å²) in [5.41, 5.74) is 6.77. The monoisotopic (exact) mass is 288 g/mol. The molecular formula is C12H20N2O2S2. The fourth-order valence-electron chi connectivity index (χ4n) is 1.40. The van der Waals surface area contributed by atoms with Crippen LogP contribution in [0.15, 0.2) is 5.38 Å². The van der Waals surface area contributed by atoms with Gasteiger partial charge in [0.25, 0.3) is 0 Å². The first-order valence-corrected chi connectivity index (χ1v) is 8.05. The van der Waals surface area contributed by atoms with E-state index >= 15 is 0 Å². The summed E-state index contributed by atoms with van der Waals surface area (Å²) in [4.78, 5) is 15.6. The molecule has 1 atom stereocenters. The van der Waals surface area contributed by atoms with E-state index < -0.39 is 6.04 Å². The van der Waals surface area contributed by atoms with Gasteiger partial charge in [0, 0.05) is 11.1 Å². The van der Waals surface area contributed by atoms with Gasteiger partial charge >= 0.3 is 5.97 Å². The molecule has 0 aliphatic heterocycles. The van der Waals surface area contributed by atoms with Crippen molar-refractivity contribution < 1.29 is 9.53 Å². The van der Waals surface area contributed by atoms with Gasteiger partial charge in [-0.15, -0.1) is 11.3 Å². The second kappa shape index (κ2) is 8.50. The molecule has 1 heterocycles. The normalized spacial score (nSPS) is 12.4. The molecule has 0 spiro atoms. The highest BCUT2D eigenvalue weighted by molar-refractivity contribution is 7.98. The Kier molecular flexibility index (Phi) is 7.31. The first-order valence-electron chi connectivity index (χ1n) is 6.01. The van der Waals surface area contributed by atoms with Crippen molar-refractivity contribution in [2.45, 2.75) is 38.0 Å². The highest BCUT2D eigenvalue weighted by atomic mass is 32.2. The molecule has 1 unspecified atom stereocenters. The Balaban J connectivity index is 2.19. The minimum Gasteiger partial charge on any atom is -0.468 e. The van der Waals surface area contributed by atoms with E-state index in [4.69, 9.17) is 5.73 Å². The smallest absolute Gasteiger partial charge is 0.322 e. The van der Waals surface area contributed by atoms with E-state index in [-0.39, 0.29) is 5.97 Å². The van der Waals surface area contributed by atoms with Crippen molar-refractivity contribution in [3.05, 3.63) is 16.1 Å². The lowest BCUT2D eigenvalue weighted by atomic mass is 10.2. The number of hydrogen-bond donors (Lipinski definition) is 1. The Morgan fingerprint density at radius 2 is 2.44 bits per heavy atom. The Morgan fingerprint density at radius 1 is 1.67 bits per heavy atom. The molecule has 0 saturated carbocycles. The maximum absolute atomic E-state index is 11.1. The van der Waals surface area contributed by atoms with Crippen LogP contribution in [-0.4, -0.2) is 29.9 Å². The van der Waals surface area contributed by atoms with Gasteiger partial charge in [-0.1, -0.05) is 6.92 Å². The molecular weight excluding hydrogens is 268 g/mol. The van der Waals surface area contributed by atoms with Crippen LogP contribution < -0.4 is 5.73 Å². The van der Waals surface area contributed by atoms with Gasteiger partial charge < -0.3 is 10.5 Å². The maximum atomic E-state index is 11.1. The molecule has 0 aromatic carbocycles. The third-order valence-corrected chi connectivity index (χ3v) is 4.37. The van der Waals surface area contributed by atoms with Gasteiger partial charge in [-0.3, -0.25) is 4.79 Å². The second-order valence-electron chi connectivity index (χ2n) is 3.95. The SMILES string of the molecule is CCCc1nc(CSCCC(N)C(=O)OC)cs1. The molecule has 1 aromatic heterocycles. The molecule has 102 valence electrons. The summed E-state index contributed by atoms with van der Waals surface area (Å²) in [6.45, 7) is 2.16. The third-order valence-electron chi connectivity index (χ3n) is 2.39. The van der Waals surface area contributed by atoms with E-state index in [1.54, 1.807) is 23.1 Å². The number of rotatable bonds is 8. The number of nitrogens with zero attached hydrogens (tertiary/aromatic N) is 1. The van der Waals surface area contributed by atoms with Crippen LogP contribution in [0.5, 0.6) is 0 Å². The number of nitrogens with two attached hydrogens (primary N) is 1. The van der Waals surface area contributed by atoms with E-state index in [2.05, 4.69) is 22.0 Å². The fourth-order valence-corrected chi connectivity index (χ4v) is 3.33. The average molecular weight is 288 g/mol. The number of thiazole rings is 1. The van der Waals surface area contributed by atoms with Crippen LogP contribution in [0.1, 0.15) is 30.5 Å². The number of aryl methyl sites for hydroxylation is 1. The number of ether oxygens (including phenoxy) is 1. The van der Waals surface area contributed by atoms with Crippen molar-refractivity contribution in [1.82, 2.24) is 4.98 Å². The summed E-state index contributed by atoms with van der Waals surface area (Å²) in [5, 5.41) is 3.32. The van der Waals surface area contributed by atoms with Crippen molar-refractivity contribution in [3.8, 4) is 0 Å². The molecule has 1 aromatic rings. The van der Waals surface area contributed by atoms with Crippen molar-refractivity contribution in [3.63, 3.8) is 0 Å². The molecule has 0 bridgehead atoms. The zero-order valence-corrected chi connectivity index (χ0v) is 12.5. The molecule has 1 rings (SSSR count). The molecule has 0 aliphatic rings.